The van der Waals surface area contributed by atoms with Gasteiger partial charge in [0.2, 0.25) is 0 Å². The van der Waals surface area contributed by atoms with Crippen LogP contribution in [0.4, 0.5) is 0 Å². The molecule has 0 aromatic heterocycles. The zero-order chi connectivity index (χ0) is 10.1. The highest BCUT2D eigenvalue weighted by molar-refractivity contribution is 7.92. The van der Waals surface area contributed by atoms with Gasteiger partial charge in [0, 0.05) is 6.04 Å². The lowest BCUT2D eigenvalue weighted by atomic mass is 9.96. The Kier molecular flexibility index (Phi) is 3.35. The Labute approximate surface area is 80.6 Å². The van der Waals surface area contributed by atoms with E-state index < -0.39 is 9.84 Å². The van der Waals surface area contributed by atoms with Crippen LogP contribution in [0.25, 0.3) is 0 Å². The molecular weight excluding hydrogens is 186 g/mol. The van der Waals surface area contributed by atoms with Crippen LogP contribution in [0.3, 0.4) is 0 Å². The van der Waals surface area contributed by atoms with Gasteiger partial charge in [-0.15, -0.1) is 0 Å². The zero-order valence-electron chi connectivity index (χ0n) is 8.36. The SMILES string of the molecule is CC(C)S(=O)(=O)C1CCC(N)CC1. The molecule has 0 amide bonds. The molecule has 1 fully saturated rings. The van der Waals surface area contributed by atoms with Crippen molar-refractivity contribution in [2.45, 2.75) is 56.1 Å². The third-order valence-corrected chi connectivity index (χ3v) is 5.56. The van der Waals surface area contributed by atoms with Crippen LogP contribution in [0, 0.1) is 0 Å². The molecule has 0 unspecified atom stereocenters. The Bertz CT molecular complexity index is 251. The van der Waals surface area contributed by atoms with E-state index >= 15 is 0 Å². The third-order valence-electron chi connectivity index (χ3n) is 2.84. The molecule has 0 spiro atoms. The van der Waals surface area contributed by atoms with Crippen LogP contribution >= 0.6 is 0 Å². The Morgan fingerprint density at radius 2 is 1.62 bits per heavy atom. The first-order valence-corrected chi connectivity index (χ1v) is 6.54. The molecule has 1 saturated carbocycles. The lowest BCUT2D eigenvalue weighted by Gasteiger charge is -2.27. The zero-order valence-corrected chi connectivity index (χ0v) is 9.18. The van der Waals surface area contributed by atoms with Crippen molar-refractivity contribution < 1.29 is 8.42 Å². The average Bonchev–Trinajstić information content (AvgIpc) is 2.04. The summed E-state index contributed by atoms with van der Waals surface area (Å²) in [5.74, 6) is 0. The van der Waals surface area contributed by atoms with Crippen molar-refractivity contribution in [1.29, 1.82) is 0 Å². The first-order chi connectivity index (χ1) is 5.94. The van der Waals surface area contributed by atoms with Gasteiger partial charge >= 0.3 is 0 Å². The van der Waals surface area contributed by atoms with Gasteiger partial charge in [-0.3, -0.25) is 0 Å². The minimum absolute atomic E-state index is 0.132. The fourth-order valence-electron chi connectivity index (χ4n) is 1.80. The molecule has 0 heterocycles. The van der Waals surface area contributed by atoms with E-state index in [1.54, 1.807) is 13.8 Å². The first kappa shape index (κ1) is 11.0. The monoisotopic (exact) mass is 205 g/mol. The molecule has 0 atom stereocenters. The summed E-state index contributed by atoms with van der Waals surface area (Å²) in [5, 5.41) is -0.376. The van der Waals surface area contributed by atoms with E-state index in [-0.39, 0.29) is 16.5 Å². The molecule has 78 valence electrons. The van der Waals surface area contributed by atoms with Gasteiger partial charge in [0.25, 0.3) is 0 Å². The van der Waals surface area contributed by atoms with Crippen LogP contribution in [0.1, 0.15) is 39.5 Å². The maximum absolute atomic E-state index is 11.8. The quantitative estimate of drug-likeness (QED) is 0.734. The van der Waals surface area contributed by atoms with Gasteiger partial charge in [0.1, 0.15) is 0 Å². The number of hydrogen-bond acceptors (Lipinski definition) is 3. The summed E-state index contributed by atoms with van der Waals surface area (Å²) in [5.41, 5.74) is 5.72. The molecule has 0 aromatic carbocycles. The molecule has 1 aliphatic carbocycles. The summed E-state index contributed by atoms with van der Waals surface area (Å²) >= 11 is 0. The topological polar surface area (TPSA) is 60.2 Å². The van der Waals surface area contributed by atoms with Crippen LogP contribution in [0.15, 0.2) is 0 Å². The Morgan fingerprint density at radius 1 is 1.15 bits per heavy atom. The molecule has 13 heavy (non-hydrogen) atoms. The van der Waals surface area contributed by atoms with Crippen LogP contribution in [-0.4, -0.2) is 25.0 Å². The molecule has 0 bridgehead atoms. The first-order valence-electron chi connectivity index (χ1n) is 4.93. The minimum Gasteiger partial charge on any atom is -0.328 e. The van der Waals surface area contributed by atoms with Crippen molar-refractivity contribution in [1.82, 2.24) is 0 Å². The van der Waals surface area contributed by atoms with Crippen molar-refractivity contribution in [3.05, 3.63) is 0 Å². The number of nitrogens with two attached hydrogens (primary N) is 1. The number of sulfone groups is 1. The molecule has 2 N–H and O–H groups in total. The summed E-state index contributed by atoms with van der Waals surface area (Å²) in [6.07, 6.45) is 3.22. The van der Waals surface area contributed by atoms with Gasteiger partial charge in [-0.2, -0.15) is 0 Å². The second-order valence-electron chi connectivity index (χ2n) is 4.17. The highest BCUT2D eigenvalue weighted by atomic mass is 32.2. The number of hydrogen-bond donors (Lipinski definition) is 1. The van der Waals surface area contributed by atoms with E-state index in [9.17, 15) is 8.42 Å². The van der Waals surface area contributed by atoms with Gasteiger partial charge in [-0.25, -0.2) is 8.42 Å². The van der Waals surface area contributed by atoms with E-state index in [1.807, 2.05) is 0 Å². The molecule has 1 rings (SSSR count). The van der Waals surface area contributed by atoms with Crippen molar-refractivity contribution in [2.75, 3.05) is 0 Å². The summed E-state index contributed by atoms with van der Waals surface area (Å²) in [7, 11) is -2.88. The van der Waals surface area contributed by atoms with Crippen molar-refractivity contribution in [3.8, 4) is 0 Å². The lowest BCUT2D eigenvalue weighted by molar-refractivity contribution is 0.432. The number of rotatable bonds is 2. The third kappa shape index (κ3) is 2.44. The van der Waals surface area contributed by atoms with E-state index in [0.29, 0.717) is 0 Å². The molecule has 3 nitrogen and oxygen atoms in total. The van der Waals surface area contributed by atoms with Gasteiger partial charge in [0.05, 0.1) is 10.5 Å². The van der Waals surface area contributed by atoms with E-state index in [0.717, 1.165) is 25.7 Å². The molecule has 4 heteroatoms. The summed E-state index contributed by atoms with van der Waals surface area (Å²) in [6.45, 7) is 3.51. The van der Waals surface area contributed by atoms with E-state index in [4.69, 9.17) is 5.73 Å². The van der Waals surface area contributed by atoms with Crippen molar-refractivity contribution in [3.63, 3.8) is 0 Å². The molecule has 0 aliphatic heterocycles. The predicted octanol–water partition coefficient (Wildman–Crippen LogP) is 1.08. The maximum Gasteiger partial charge on any atom is 0.155 e. The van der Waals surface area contributed by atoms with Gasteiger partial charge < -0.3 is 5.73 Å². The molecular formula is C9H19NO2S. The fourth-order valence-corrected chi connectivity index (χ4v) is 3.50. The lowest BCUT2D eigenvalue weighted by Crippen LogP contribution is -2.36. The van der Waals surface area contributed by atoms with Crippen molar-refractivity contribution in [2.24, 2.45) is 5.73 Å². The standard InChI is InChI=1S/C9H19NO2S/c1-7(2)13(11,12)9-5-3-8(10)4-6-9/h7-9H,3-6,10H2,1-2H3. The summed E-state index contributed by atoms with van der Waals surface area (Å²) < 4.78 is 23.5. The molecule has 0 saturated heterocycles. The highest BCUT2D eigenvalue weighted by Gasteiger charge is 2.31. The van der Waals surface area contributed by atoms with Crippen LogP contribution in [0.2, 0.25) is 0 Å². The van der Waals surface area contributed by atoms with Crippen LogP contribution < -0.4 is 5.73 Å². The second kappa shape index (κ2) is 3.96. The van der Waals surface area contributed by atoms with E-state index in [2.05, 4.69) is 0 Å². The van der Waals surface area contributed by atoms with Crippen LogP contribution in [-0.2, 0) is 9.84 Å². The Morgan fingerprint density at radius 3 is 2.00 bits per heavy atom. The fraction of sp³-hybridized carbons (Fsp3) is 1.00. The van der Waals surface area contributed by atoms with Crippen LogP contribution in [0.5, 0.6) is 0 Å². The normalized spacial score (nSPS) is 30.8. The van der Waals surface area contributed by atoms with Gasteiger partial charge in [-0.1, -0.05) is 0 Å². The highest BCUT2D eigenvalue weighted by Crippen LogP contribution is 2.25. The van der Waals surface area contributed by atoms with Crippen molar-refractivity contribution >= 4 is 9.84 Å². The largest absolute Gasteiger partial charge is 0.328 e. The van der Waals surface area contributed by atoms with E-state index in [1.165, 1.54) is 0 Å². The minimum atomic E-state index is -2.88. The molecule has 0 aromatic rings. The van der Waals surface area contributed by atoms with Gasteiger partial charge in [0.15, 0.2) is 9.84 Å². The smallest absolute Gasteiger partial charge is 0.155 e. The Hall–Kier alpha value is -0.0900. The second-order valence-corrected chi connectivity index (χ2v) is 6.96. The average molecular weight is 205 g/mol. The molecule has 0 radical (unpaired) electrons. The summed E-state index contributed by atoms with van der Waals surface area (Å²) in [6, 6.07) is 0.221. The summed E-state index contributed by atoms with van der Waals surface area (Å²) in [4.78, 5) is 0. The maximum atomic E-state index is 11.8. The predicted molar refractivity (Wildman–Crippen MR) is 54.3 cm³/mol. The van der Waals surface area contributed by atoms with Gasteiger partial charge in [-0.05, 0) is 39.5 Å². The Balaban J connectivity index is 2.64. The molecule has 1 aliphatic rings.